The van der Waals surface area contributed by atoms with Gasteiger partial charge in [0, 0.05) is 31.5 Å². The molecular formula is C19H23N5O2. The number of benzene rings is 1. The summed E-state index contributed by atoms with van der Waals surface area (Å²) in [5, 5.41) is 7.17. The van der Waals surface area contributed by atoms with Gasteiger partial charge in [-0.25, -0.2) is 9.50 Å². The van der Waals surface area contributed by atoms with E-state index in [1.165, 1.54) is 6.33 Å². The molecule has 0 radical (unpaired) electrons. The first-order chi connectivity index (χ1) is 12.6. The van der Waals surface area contributed by atoms with Gasteiger partial charge in [0.2, 0.25) is 5.91 Å². The van der Waals surface area contributed by atoms with Crippen molar-refractivity contribution in [3.8, 4) is 0 Å². The van der Waals surface area contributed by atoms with Gasteiger partial charge in [-0.3, -0.25) is 4.79 Å². The predicted molar refractivity (Wildman–Crippen MR) is 97.6 cm³/mol. The smallest absolute Gasteiger partial charge is 0.252 e. The Balaban J connectivity index is 1.61. The molecular weight excluding hydrogens is 330 g/mol. The first kappa shape index (κ1) is 18.0. The molecule has 0 saturated heterocycles. The molecule has 1 amide bonds. The molecule has 3 rings (SSSR count). The van der Waals surface area contributed by atoms with E-state index >= 15 is 0 Å². The first-order valence-electron chi connectivity index (χ1n) is 8.58. The van der Waals surface area contributed by atoms with E-state index in [4.69, 9.17) is 4.74 Å². The predicted octanol–water partition coefficient (Wildman–Crippen LogP) is 2.14. The van der Waals surface area contributed by atoms with Crippen molar-refractivity contribution in [3.05, 3.63) is 58.7 Å². The van der Waals surface area contributed by atoms with Crippen LogP contribution < -0.4 is 5.32 Å². The van der Waals surface area contributed by atoms with Gasteiger partial charge in [0.1, 0.15) is 6.33 Å². The van der Waals surface area contributed by atoms with Crippen LogP contribution in [0, 0.1) is 13.8 Å². The van der Waals surface area contributed by atoms with Crippen molar-refractivity contribution in [1.29, 1.82) is 0 Å². The second-order valence-electron chi connectivity index (χ2n) is 6.21. The van der Waals surface area contributed by atoms with Crippen LogP contribution >= 0.6 is 0 Å². The van der Waals surface area contributed by atoms with Gasteiger partial charge in [0.05, 0.1) is 6.61 Å². The van der Waals surface area contributed by atoms with Gasteiger partial charge in [-0.2, -0.15) is 10.1 Å². The molecule has 0 bridgehead atoms. The average molecular weight is 353 g/mol. The summed E-state index contributed by atoms with van der Waals surface area (Å²) in [6, 6.07) is 7.95. The summed E-state index contributed by atoms with van der Waals surface area (Å²) in [6.45, 7) is 4.95. The highest BCUT2D eigenvalue weighted by molar-refractivity contribution is 5.76. The number of hydrogen-bond acceptors (Lipinski definition) is 5. The van der Waals surface area contributed by atoms with E-state index in [9.17, 15) is 4.79 Å². The minimum atomic E-state index is 0.00899. The number of carbonyl (C=O) groups is 1. The quantitative estimate of drug-likeness (QED) is 0.704. The maximum Gasteiger partial charge on any atom is 0.252 e. The molecule has 0 unspecified atom stereocenters. The lowest BCUT2D eigenvalue weighted by Gasteiger charge is -2.12. The fourth-order valence-corrected chi connectivity index (χ4v) is 3.06. The Labute approximate surface area is 152 Å². The first-order valence-corrected chi connectivity index (χ1v) is 8.58. The number of rotatable bonds is 7. The average Bonchev–Trinajstić information content (AvgIpc) is 3.09. The molecule has 136 valence electrons. The van der Waals surface area contributed by atoms with Crippen molar-refractivity contribution < 1.29 is 9.53 Å². The second-order valence-corrected chi connectivity index (χ2v) is 6.21. The van der Waals surface area contributed by atoms with Gasteiger partial charge >= 0.3 is 0 Å². The topological polar surface area (TPSA) is 81.4 Å². The summed E-state index contributed by atoms with van der Waals surface area (Å²) in [5.74, 6) is 0.595. The van der Waals surface area contributed by atoms with Crippen LogP contribution in [0.3, 0.4) is 0 Å². The van der Waals surface area contributed by atoms with Crippen molar-refractivity contribution in [3.63, 3.8) is 0 Å². The number of aromatic nitrogens is 4. The zero-order chi connectivity index (χ0) is 18.5. The van der Waals surface area contributed by atoms with E-state index in [0.29, 0.717) is 31.8 Å². The number of fused-ring (bicyclic) bond motifs is 1. The van der Waals surface area contributed by atoms with Crippen LogP contribution in [0.25, 0.3) is 5.78 Å². The second kappa shape index (κ2) is 8.05. The molecule has 0 aliphatic carbocycles. The van der Waals surface area contributed by atoms with E-state index in [-0.39, 0.29) is 5.91 Å². The van der Waals surface area contributed by atoms with Gasteiger partial charge in [-0.1, -0.05) is 24.3 Å². The Kier molecular flexibility index (Phi) is 5.58. The minimum Gasteiger partial charge on any atom is -0.380 e. The zero-order valence-electron chi connectivity index (χ0n) is 15.3. The van der Waals surface area contributed by atoms with Gasteiger partial charge in [-0.05, 0) is 37.0 Å². The molecule has 7 heteroatoms. The van der Waals surface area contributed by atoms with E-state index < -0.39 is 0 Å². The minimum absolute atomic E-state index is 0.00899. The highest BCUT2D eigenvalue weighted by Crippen LogP contribution is 2.15. The van der Waals surface area contributed by atoms with Gasteiger partial charge in [0.25, 0.3) is 5.78 Å². The van der Waals surface area contributed by atoms with Crippen LogP contribution in [0.5, 0.6) is 0 Å². The molecule has 2 aromatic heterocycles. The van der Waals surface area contributed by atoms with Crippen LogP contribution in [-0.2, 0) is 29.1 Å². The summed E-state index contributed by atoms with van der Waals surface area (Å²) in [5.41, 5.74) is 5.06. The molecule has 0 saturated carbocycles. The number of methoxy groups -OCH3 is 1. The zero-order valence-corrected chi connectivity index (χ0v) is 15.3. The van der Waals surface area contributed by atoms with Crippen molar-refractivity contribution in [2.24, 2.45) is 0 Å². The van der Waals surface area contributed by atoms with Crippen LogP contribution in [0.15, 0.2) is 30.6 Å². The van der Waals surface area contributed by atoms with Crippen molar-refractivity contribution in [2.75, 3.05) is 7.11 Å². The fraction of sp³-hybridized carbons (Fsp3) is 0.368. The highest BCUT2D eigenvalue weighted by atomic mass is 16.5. The van der Waals surface area contributed by atoms with Gasteiger partial charge < -0.3 is 10.1 Å². The van der Waals surface area contributed by atoms with Crippen molar-refractivity contribution >= 4 is 11.7 Å². The normalized spacial score (nSPS) is 11.0. The molecule has 0 fully saturated rings. The van der Waals surface area contributed by atoms with Crippen molar-refractivity contribution in [1.82, 2.24) is 24.9 Å². The Morgan fingerprint density at radius 1 is 1.23 bits per heavy atom. The Morgan fingerprint density at radius 3 is 2.77 bits per heavy atom. The van der Waals surface area contributed by atoms with E-state index in [1.807, 2.05) is 38.1 Å². The van der Waals surface area contributed by atoms with E-state index in [1.54, 1.807) is 11.6 Å². The summed E-state index contributed by atoms with van der Waals surface area (Å²) < 4.78 is 6.91. The summed E-state index contributed by atoms with van der Waals surface area (Å²) in [7, 11) is 1.67. The largest absolute Gasteiger partial charge is 0.380 e. The SMILES string of the molecule is COCc1ccccc1CNC(=O)CCc1c(C)nc2ncnn2c1C. The summed E-state index contributed by atoms with van der Waals surface area (Å²) in [4.78, 5) is 20.9. The van der Waals surface area contributed by atoms with Crippen LogP contribution in [-0.4, -0.2) is 32.6 Å². The Morgan fingerprint density at radius 2 is 2.00 bits per heavy atom. The van der Waals surface area contributed by atoms with E-state index in [2.05, 4.69) is 20.4 Å². The lowest BCUT2D eigenvalue weighted by Crippen LogP contribution is -2.24. The molecule has 0 spiro atoms. The standard InChI is InChI=1S/C19H23N5O2/c1-13-17(14(2)24-19(23-13)21-12-22-24)8-9-18(25)20-10-15-6-4-5-7-16(15)11-26-3/h4-7,12H,8-11H2,1-3H3,(H,20,25). The van der Waals surface area contributed by atoms with Crippen LogP contribution in [0.2, 0.25) is 0 Å². The van der Waals surface area contributed by atoms with E-state index in [0.717, 1.165) is 28.1 Å². The summed E-state index contributed by atoms with van der Waals surface area (Å²) in [6.07, 6.45) is 2.50. The van der Waals surface area contributed by atoms with Gasteiger partial charge in [-0.15, -0.1) is 0 Å². The molecule has 1 aromatic carbocycles. The molecule has 0 aliphatic heterocycles. The fourth-order valence-electron chi connectivity index (χ4n) is 3.06. The number of amides is 1. The summed E-state index contributed by atoms with van der Waals surface area (Å²) >= 11 is 0. The lowest BCUT2D eigenvalue weighted by atomic mass is 10.1. The third kappa shape index (κ3) is 3.88. The number of hydrogen-bond donors (Lipinski definition) is 1. The van der Waals surface area contributed by atoms with Gasteiger partial charge in [0.15, 0.2) is 0 Å². The molecule has 0 aliphatic rings. The molecule has 0 atom stereocenters. The number of nitrogens with zero attached hydrogens (tertiary/aromatic N) is 4. The third-order valence-electron chi connectivity index (χ3n) is 4.48. The molecule has 26 heavy (non-hydrogen) atoms. The van der Waals surface area contributed by atoms with Crippen molar-refractivity contribution in [2.45, 2.75) is 39.8 Å². The Bertz CT molecular complexity index is 919. The monoisotopic (exact) mass is 353 g/mol. The third-order valence-corrected chi connectivity index (χ3v) is 4.48. The number of nitrogens with one attached hydrogen (secondary N) is 1. The molecule has 3 aromatic rings. The molecule has 2 heterocycles. The van der Waals surface area contributed by atoms with Crippen LogP contribution in [0.4, 0.5) is 0 Å². The maximum absolute atomic E-state index is 12.3. The number of carbonyl (C=O) groups excluding carboxylic acids is 1. The molecule has 1 N–H and O–H groups in total. The number of aryl methyl sites for hydroxylation is 2. The molecule has 7 nitrogen and oxygen atoms in total. The highest BCUT2D eigenvalue weighted by Gasteiger charge is 2.12. The lowest BCUT2D eigenvalue weighted by molar-refractivity contribution is -0.121. The number of ether oxygens (including phenoxy) is 1. The van der Waals surface area contributed by atoms with Crippen LogP contribution in [0.1, 0.15) is 34.5 Å². The Hall–Kier alpha value is -2.80. The maximum atomic E-state index is 12.3.